The minimum atomic E-state index is -0.0684. The number of thiazole rings is 1. The molecule has 0 aliphatic carbocycles. The zero-order valence-electron chi connectivity index (χ0n) is 15.9. The molecule has 0 radical (unpaired) electrons. The molecule has 1 amide bonds. The van der Waals surface area contributed by atoms with E-state index in [-0.39, 0.29) is 12.3 Å². The van der Waals surface area contributed by atoms with Gasteiger partial charge in [-0.2, -0.15) is 0 Å². The Balaban J connectivity index is 1.62. The van der Waals surface area contributed by atoms with Gasteiger partial charge in [-0.1, -0.05) is 36.8 Å². The molecule has 4 nitrogen and oxygen atoms in total. The Labute approximate surface area is 164 Å². The first-order chi connectivity index (χ1) is 13.0. The van der Waals surface area contributed by atoms with E-state index in [2.05, 4.69) is 48.4 Å². The maximum atomic E-state index is 12.4. The SMILES string of the molecule is CCCOc1ccc(NC(=O)Cc2csc(-c3ccc(C)cc3)n2)c(C)c1. The molecule has 0 saturated carbocycles. The van der Waals surface area contributed by atoms with Crippen LogP contribution in [0.15, 0.2) is 47.8 Å². The van der Waals surface area contributed by atoms with E-state index in [9.17, 15) is 4.79 Å². The van der Waals surface area contributed by atoms with Gasteiger partial charge in [0.15, 0.2) is 0 Å². The molecule has 1 heterocycles. The number of anilines is 1. The van der Waals surface area contributed by atoms with Gasteiger partial charge in [-0.3, -0.25) is 4.79 Å². The largest absolute Gasteiger partial charge is 0.494 e. The number of amides is 1. The van der Waals surface area contributed by atoms with Crippen LogP contribution in [-0.4, -0.2) is 17.5 Å². The second-order valence-corrected chi connectivity index (χ2v) is 7.42. The number of ether oxygens (including phenoxy) is 1. The van der Waals surface area contributed by atoms with Gasteiger partial charge in [-0.15, -0.1) is 11.3 Å². The molecule has 0 aliphatic heterocycles. The van der Waals surface area contributed by atoms with Crippen LogP contribution in [0.4, 0.5) is 5.69 Å². The van der Waals surface area contributed by atoms with Gasteiger partial charge in [0.25, 0.3) is 0 Å². The number of hydrogen-bond donors (Lipinski definition) is 1. The number of aromatic nitrogens is 1. The average Bonchev–Trinajstić information content (AvgIpc) is 3.11. The Kier molecular flexibility index (Phi) is 6.24. The Hall–Kier alpha value is -2.66. The van der Waals surface area contributed by atoms with Crippen LogP contribution in [-0.2, 0) is 11.2 Å². The Morgan fingerprint density at radius 1 is 1.15 bits per heavy atom. The van der Waals surface area contributed by atoms with Gasteiger partial charge in [-0.05, 0) is 44.0 Å². The summed E-state index contributed by atoms with van der Waals surface area (Å²) in [5, 5.41) is 5.85. The minimum absolute atomic E-state index is 0.0684. The van der Waals surface area contributed by atoms with Gasteiger partial charge in [-0.25, -0.2) is 4.98 Å². The number of hydrogen-bond acceptors (Lipinski definition) is 4. The Morgan fingerprint density at radius 2 is 1.93 bits per heavy atom. The summed E-state index contributed by atoms with van der Waals surface area (Å²) >= 11 is 1.56. The van der Waals surface area contributed by atoms with E-state index < -0.39 is 0 Å². The van der Waals surface area contributed by atoms with E-state index in [0.717, 1.165) is 39.7 Å². The molecule has 140 valence electrons. The fourth-order valence-electron chi connectivity index (χ4n) is 2.66. The normalized spacial score (nSPS) is 10.6. The zero-order chi connectivity index (χ0) is 19.2. The van der Waals surface area contributed by atoms with E-state index in [4.69, 9.17) is 4.74 Å². The quantitative estimate of drug-likeness (QED) is 0.597. The van der Waals surface area contributed by atoms with Crippen LogP contribution in [0.1, 0.15) is 30.2 Å². The molecule has 0 fully saturated rings. The van der Waals surface area contributed by atoms with Crippen molar-refractivity contribution in [2.24, 2.45) is 0 Å². The van der Waals surface area contributed by atoms with Gasteiger partial charge in [0.05, 0.1) is 18.7 Å². The van der Waals surface area contributed by atoms with Gasteiger partial charge in [0.2, 0.25) is 5.91 Å². The van der Waals surface area contributed by atoms with Crippen LogP contribution < -0.4 is 10.1 Å². The predicted octanol–water partition coefficient (Wildman–Crippen LogP) is 5.40. The molecule has 0 atom stereocenters. The molecule has 0 bridgehead atoms. The molecule has 5 heteroatoms. The number of aryl methyl sites for hydroxylation is 2. The van der Waals surface area contributed by atoms with Crippen molar-refractivity contribution >= 4 is 22.9 Å². The number of nitrogens with zero attached hydrogens (tertiary/aromatic N) is 1. The van der Waals surface area contributed by atoms with Crippen molar-refractivity contribution < 1.29 is 9.53 Å². The molecule has 2 aromatic carbocycles. The van der Waals surface area contributed by atoms with Crippen molar-refractivity contribution in [3.63, 3.8) is 0 Å². The summed E-state index contributed by atoms with van der Waals surface area (Å²) in [5.41, 5.74) is 4.87. The van der Waals surface area contributed by atoms with E-state index in [1.807, 2.05) is 30.5 Å². The summed E-state index contributed by atoms with van der Waals surface area (Å²) in [7, 11) is 0. The highest BCUT2D eigenvalue weighted by Gasteiger charge is 2.11. The summed E-state index contributed by atoms with van der Waals surface area (Å²) in [6, 6.07) is 14.0. The van der Waals surface area contributed by atoms with Crippen LogP contribution >= 0.6 is 11.3 Å². The fourth-order valence-corrected chi connectivity index (χ4v) is 3.49. The third kappa shape index (κ3) is 5.17. The first-order valence-corrected chi connectivity index (χ1v) is 9.98. The summed E-state index contributed by atoms with van der Waals surface area (Å²) < 4.78 is 5.62. The van der Waals surface area contributed by atoms with Gasteiger partial charge >= 0.3 is 0 Å². The van der Waals surface area contributed by atoms with Crippen LogP contribution in [0.5, 0.6) is 5.75 Å². The maximum Gasteiger partial charge on any atom is 0.230 e. The van der Waals surface area contributed by atoms with Gasteiger partial charge in [0.1, 0.15) is 10.8 Å². The van der Waals surface area contributed by atoms with Crippen molar-refractivity contribution in [2.75, 3.05) is 11.9 Å². The predicted molar refractivity (Wildman–Crippen MR) is 112 cm³/mol. The third-order valence-corrected chi connectivity index (χ3v) is 5.08. The standard InChI is InChI=1S/C22H24N2O2S/c1-4-11-26-19-9-10-20(16(3)12-19)24-21(25)13-18-14-27-22(23-18)17-7-5-15(2)6-8-17/h5-10,12,14H,4,11,13H2,1-3H3,(H,24,25). The summed E-state index contributed by atoms with van der Waals surface area (Å²) in [6.45, 7) is 6.79. The second kappa shape index (κ2) is 8.82. The summed E-state index contributed by atoms with van der Waals surface area (Å²) in [4.78, 5) is 17.0. The molecule has 3 aromatic rings. The average molecular weight is 381 g/mol. The zero-order valence-corrected chi connectivity index (χ0v) is 16.7. The highest BCUT2D eigenvalue weighted by molar-refractivity contribution is 7.13. The van der Waals surface area contributed by atoms with E-state index in [0.29, 0.717) is 6.61 Å². The van der Waals surface area contributed by atoms with Gasteiger partial charge < -0.3 is 10.1 Å². The van der Waals surface area contributed by atoms with Crippen LogP contribution in [0.2, 0.25) is 0 Å². The lowest BCUT2D eigenvalue weighted by molar-refractivity contribution is -0.115. The van der Waals surface area contributed by atoms with E-state index >= 15 is 0 Å². The number of rotatable bonds is 7. The van der Waals surface area contributed by atoms with Crippen LogP contribution in [0.3, 0.4) is 0 Å². The molecule has 0 spiro atoms. The first-order valence-electron chi connectivity index (χ1n) is 9.10. The lowest BCUT2D eigenvalue weighted by Gasteiger charge is -2.10. The molecular weight excluding hydrogens is 356 g/mol. The molecule has 1 N–H and O–H groups in total. The molecule has 3 rings (SSSR count). The Morgan fingerprint density at radius 3 is 2.63 bits per heavy atom. The number of carbonyl (C=O) groups is 1. The lowest BCUT2D eigenvalue weighted by atomic mass is 10.1. The maximum absolute atomic E-state index is 12.4. The van der Waals surface area contributed by atoms with Crippen molar-refractivity contribution in [3.05, 3.63) is 64.7 Å². The third-order valence-electron chi connectivity index (χ3n) is 4.14. The number of nitrogens with one attached hydrogen (secondary N) is 1. The van der Waals surface area contributed by atoms with Crippen molar-refractivity contribution in [1.29, 1.82) is 0 Å². The fraction of sp³-hybridized carbons (Fsp3) is 0.273. The lowest BCUT2D eigenvalue weighted by Crippen LogP contribution is -2.15. The van der Waals surface area contributed by atoms with E-state index in [1.54, 1.807) is 11.3 Å². The molecule has 0 saturated heterocycles. The highest BCUT2D eigenvalue weighted by atomic mass is 32.1. The van der Waals surface area contributed by atoms with Crippen molar-refractivity contribution in [1.82, 2.24) is 4.98 Å². The first kappa shape index (κ1) is 19.1. The monoisotopic (exact) mass is 380 g/mol. The smallest absolute Gasteiger partial charge is 0.230 e. The van der Waals surface area contributed by atoms with Crippen LogP contribution in [0, 0.1) is 13.8 Å². The summed E-state index contributed by atoms with van der Waals surface area (Å²) in [5.74, 6) is 0.760. The summed E-state index contributed by atoms with van der Waals surface area (Å²) in [6.07, 6.45) is 1.23. The molecule has 0 unspecified atom stereocenters. The van der Waals surface area contributed by atoms with Crippen LogP contribution in [0.25, 0.3) is 10.6 Å². The highest BCUT2D eigenvalue weighted by Crippen LogP contribution is 2.25. The molecule has 1 aromatic heterocycles. The second-order valence-electron chi connectivity index (χ2n) is 6.56. The van der Waals surface area contributed by atoms with E-state index in [1.165, 1.54) is 5.56 Å². The van der Waals surface area contributed by atoms with Crippen molar-refractivity contribution in [3.8, 4) is 16.3 Å². The number of benzene rings is 2. The number of carbonyl (C=O) groups excluding carboxylic acids is 1. The van der Waals surface area contributed by atoms with Gasteiger partial charge in [0, 0.05) is 16.6 Å². The Bertz CT molecular complexity index is 916. The minimum Gasteiger partial charge on any atom is -0.494 e. The molecule has 0 aliphatic rings. The topological polar surface area (TPSA) is 51.2 Å². The van der Waals surface area contributed by atoms with Crippen molar-refractivity contribution in [2.45, 2.75) is 33.6 Å². The molecule has 27 heavy (non-hydrogen) atoms. The molecular formula is C22H24N2O2S.